The molecule has 2 aliphatic heterocycles. The highest BCUT2D eigenvalue weighted by Gasteiger charge is 2.31. The van der Waals surface area contributed by atoms with Crippen LogP contribution in [0.5, 0.6) is 0 Å². The third kappa shape index (κ3) is 3.94. The number of fused-ring (bicyclic) bond motifs is 1. The fourth-order valence-corrected chi connectivity index (χ4v) is 3.87. The fourth-order valence-electron chi connectivity index (χ4n) is 3.87. The molecule has 7 nitrogen and oxygen atoms in total. The number of hydrogen-bond acceptors (Lipinski definition) is 5. The summed E-state index contributed by atoms with van der Waals surface area (Å²) >= 11 is 0. The minimum absolute atomic E-state index is 0.0379. The molecule has 2 aliphatic rings. The van der Waals surface area contributed by atoms with E-state index in [-0.39, 0.29) is 11.9 Å². The Balaban J connectivity index is 1.39. The molecule has 2 aromatic heterocycles. The van der Waals surface area contributed by atoms with Crippen molar-refractivity contribution in [2.24, 2.45) is 0 Å². The van der Waals surface area contributed by atoms with Crippen molar-refractivity contribution in [2.45, 2.75) is 44.4 Å². The van der Waals surface area contributed by atoms with Crippen molar-refractivity contribution >= 4 is 5.91 Å². The van der Waals surface area contributed by atoms with Crippen LogP contribution in [0.15, 0.2) is 36.7 Å². The smallest absolute Gasteiger partial charge is 0.222 e. The largest absolute Gasteiger partial charge is 0.381 e. The zero-order valence-corrected chi connectivity index (χ0v) is 14.9. The molecule has 1 saturated heterocycles. The molecule has 1 amide bonds. The Labute approximate surface area is 153 Å². The van der Waals surface area contributed by atoms with Crippen molar-refractivity contribution < 1.29 is 9.53 Å². The van der Waals surface area contributed by atoms with Crippen LogP contribution < -0.4 is 5.32 Å². The first-order valence-electron chi connectivity index (χ1n) is 9.30. The van der Waals surface area contributed by atoms with Crippen LogP contribution >= 0.6 is 0 Å². The Hall–Kier alpha value is -2.25. The van der Waals surface area contributed by atoms with Gasteiger partial charge in [0, 0.05) is 44.7 Å². The zero-order valence-electron chi connectivity index (χ0n) is 14.9. The highest BCUT2D eigenvalue weighted by atomic mass is 16.5. The highest BCUT2D eigenvalue weighted by Crippen LogP contribution is 2.27. The molecule has 0 aromatic carbocycles. The van der Waals surface area contributed by atoms with Crippen LogP contribution in [-0.2, 0) is 22.6 Å². The summed E-state index contributed by atoms with van der Waals surface area (Å²) in [5.74, 6) is 0.0379. The molecule has 26 heavy (non-hydrogen) atoms. The van der Waals surface area contributed by atoms with Crippen LogP contribution in [0, 0.1) is 0 Å². The summed E-state index contributed by atoms with van der Waals surface area (Å²) in [5, 5.41) is 7.44. The number of aromatic nitrogens is 3. The van der Waals surface area contributed by atoms with Crippen LogP contribution in [0.3, 0.4) is 0 Å². The molecule has 0 saturated carbocycles. The van der Waals surface area contributed by atoms with Crippen molar-refractivity contribution in [2.75, 3.05) is 19.8 Å². The summed E-state index contributed by atoms with van der Waals surface area (Å²) < 4.78 is 7.52. The lowest BCUT2D eigenvalue weighted by molar-refractivity contribution is -0.122. The summed E-state index contributed by atoms with van der Waals surface area (Å²) in [6.45, 7) is 3.88. The van der Waals surface area contributed by atoms with Gasteiger partial charge in [0.2, 0.25) is 5.91 Å². The molecule has 0 aliphatic carbocycles. The van der Waals surface area contributed by atoms with Crippen LogP contribution in [0.4, 0.5) is 0 Å². The summed E-state index contributed by atoms with van der Waals surface area (Å²) in [7, 11) is 0. The Morgan fingerprint density at radius 1 is 1.23 bits per heavy atom. The predicted molar refractivity (Wildman–Crippen MR) is 96.2 cm³/mol. The van der Waals surface area contributed by atoms with Gasteiger partial charge in [0.05, 0.1) is 30.4 Å². The van der Waals surface area contributed by atoms with Gasteiger partial charge in [0.1, 0.15) is 0 Å². The van der Waals surface area contributed by atoms with Gasteiger partial charge in [0.15, 0.2) is 0 Å². The van der Waals surface area contributed by atoms with Gasteiger partial charge in [0.25, 0.3) is 0 Å². The fraction of sp³-hybridized carbons (Fsp3) is 0.526. The van der Waals surface area contributed by atoms with Gasteiger partial charge in [-0.05, 0) is 31.0 Å². The van der Waals surface area contributed by atoms with Gasteiger partial charge in [-0.2, -0.15) is 5.10 Å². The van der Waals surface area contributed by atoms with Gasteiger partial charge >= 0.3 is 0 Å². The second-order valence-electron chi connectivity index (χ2n) is 7.00. The molecule has 2 aromatic rings. The molecule has 7 heteroatoms. The zero-order chi connectivity index (χ0) is 17.8. The average molecular weight is 355 g/mol. The maximum absolute atomic E-state index is 12.5. The molecule has 1 fully saturated rings. The van der Waals surface area contributed by atoms with E-state index in [0.717, 1.165) is 44.8 Å². The topological polar surface area (TPSA) is 72.3 Å². The molecular formula is C19H25N5O2. The van der Waals surface area contributed by atoms with Gasteiger partial charge in [-0.25, -0.2) is 0 Å². The van der Waals surface area contributed by atoms with Crippen LogP contribution in [0.2, 0.25) is 0 Å². The van der Waals surface area contributed by atoms with Crippen LogP contribution in [0.1, 0.15) is 36.7 Å². The van der Waals surface area contributed by atoms with E-state index in [9.17, 15) is 4.79 Å². The van der Waals surface area contributed by atoms with Gasteiger partial charge in [-0.15, -0.1) is 0 Å². The van der Waals surface area contributed by atoms with E-state index in [1.807, 2.05) is 29.1 Å². The number of carbonyl (C=O) groups is 1. The third-order valence-corrected chi connectivity index (χ3v) is 5.23. The number of amides is 1. The number of nitrogens with one attached hydrogen (secondary N) is 1. The Bertz CT molecular complexity index is 727. The van der Waals surface area contributed by atoms with E-state index in [1.165, 1.54) is 5.69 Å². The van der Waals surface area contributed by atoms with Gasteiger partial charge in [-0.3, -0.25) is 19.4 Å². The van der Waals surface area contributed by atoms with Crippen molar-refractivity contribution in [3.8, 4) is 0 Å². The number of pyridine rings is 1. The van der Waals surface area contributed by atoms with Crippen molar-refractivity contribution in [1.82, 2.24) is 25.0 Å². The summed E-state index contributed by atoms with van der Waals surface area (Å²) in [6, 6.07) is 8.38. The molecule has 138 valence electrons. The van der Waals surface area contributed by atoms with Crippen molar-refractivity contribution in [1.29, 1.82) is 0 Å². The monoisotopic (exact) mass is 355 g/mol. The first-order valence-corrected chi connectivity index (χ1v) is 9.30. The predicted octanol–water partition coefficient (Wildman–Crippen LogP) is 1.52. The van der Waals surface area contributed by atoms with E-state index in [2.05, 4.69) is 26.4 Å². The second-order valence-corrected chi connectivity index (χ2v) is 7.00. The molecular weight excluding hydrogens is 330 g/mol. The molecule has 0 unspecified atom stereocenters. The number of hydrogen-bond donors (Lipinski definition) is 1. The minimum atomic E-state index is 0.0379. The standard InChI is InChI=1S/C19H25N5O2/c25-19(21-12-15-3-1-2-7-20-15)11-18-14-23(16-5-9-26-10-6-16)13-17-4-8-22-24(17)18/h1-4,7-8,16,18H,5-6,9-14H2,(H,21,25)/t18-/m0/s1. The van der Waals surface area contributed by atoms with Gasteiger partial charge in [-0.1, -0.05) is 6.07 Å². The summed E-state index contributed by atoms with van der Waals surface area (Å²) in [4.78, 5) is 19.2. The minimum Gasteiger partial charge on any atom is -0.381 e. The molecule has 1 N–H and O–H groups in total. The molecule has 0 spiro atoms. The van der Waals surface area contributed by atoms with Gasteiger partial charge < -0.3 is 10.1 Å². The SMILES string of the molecule is O=C(C[C@H]1CN(C2CCOCC2)Cc2ccnn21)NCc1ccccn1. The Morgan fingerprint density at radius 2 is 2.12 bits per heavy atom. The van der Waals surface area contributed by atoms with E-state index >= 15 is 0 Å². The average Bonchev–Trinajstić information content (AvgIpc) is 3.17. The Kier molecular flexibility index (Phi) is 5.26. The molecule has 4 heterocycles. The van der Waals surface area contributed by atoms with Crippen LogP contribution in [-0.4, -0.2) is 51.4 Å². The number of nitrogens with zero attached hydrogens (tertiary/aromatic N) is 4. The van der Waals surface area contributed by atoms with E-state index in [1.54, 1.807) is 6.20 Å². The first-order chi connectivity index (χ1) is 12.8. The summed E-state index contributed by atoms with van der Waals surface area (Å²) in [6.07, 6.45) is 6.13. The van der Waals surface area contributed by atoms with Crippen molar-refractivity contribution in [3.05, 3.63) is 48.0 Å². The molecule has 1 atom stereocenters. The van der Waals surface area contributed by atoms with E-state index < -0.39 is 0 Å². The quantitative estimate of drug-likeness (QED) is 0.880. The number of rotatable bonds is 5. The lowest BCUT2D eigenvalue weighted by Crippen LogP contribution is -2.46. The van der Waals surface area contributed by atoms with Crippen molar-refractivity contribution in [3.63, 3.8) is 0 Å². The molecule has 0 bridgehead atoms. The van der Waals surface area contributed by atoms with E-state index in [0.29, 0.717) is 19.0 Å². The lowest BCUT2D eigenvalue weighted by atomic mass is 10.0. The molecule has 0 radical (unpaired) electrons. The third-order valence-electron chi connectivity index (χ3n) is 5.23. The van der Waals surface area contributed by atoms with E-state index in [4.69, 9.17) is 4.74 Å². The maximum Gasteiger partial charge on any atom is 0.222 e. The number of ether oxygens (including phenoxy) is 1. The highest BCUT2D eigenvalue weighted by molar-refractivity contribution is 5.76. The lowest BCUT2D eigenvalue weighted by Gasteiger charge is -2.40. The summed E-state index contributed by atoms with van der Waals surface area (Å²) in [5.41, 5.74) is 2.05. The molecule has 4 rings (SSSR count). The first kappa shape index (κ1) is 17.2. The second kappa shape index (κ2) is 7.97. The number of carbonyl (C=O) groups excluding carboxylic acids is 1. The normalized spacial score (nSPS) is 21.3. The van der Waals surface area contributed by atoms with Crippen LogP contribution in [0.25, 0.3) is 0 Å². The maximum atomic E-state index is 12.5. The Morgan fingerprint density at radius 3 is 2.92 bits per heavy atom.